The molecule has 11 aromatic carbocycles. The number of hydrogen-bond donors (Lipinski definition) is 0. The van der Waals surface area contributed by atoms with Gasteiger partial charge in [0.2, 0.25) is 0 Å². The molecule has 312 valence electrons. The van der Waals surface area contributed by atoms with Gasteiger partial charge in [0.25, 0.3) is 0 Å². The molecule has 1 spiro atoms. The van der Waals surface area contributed by atoms with Crippen LogP contribution in [0.3, 0.4) is 0 Å². The van der Waals surface area contributed by atoms with E-state index in [2.05, 4.69) is 264 Å². The van der Waals surface area contributed by atoms with E-state index in [1.165, 1.54) is 99.3 Å². The van der Waals surface area contributed by atoms with E-state index in [0.717, 1.165) is 22.7 Å². The lowest BCUT2D eigenvalue weighted by Gasteiger charge is -2.30. The normalized spacial score (nSPS) is 12.9. The number of fused-ring (bicyclic) bond motifs is 14. The minimum atomic E-state index is -0.391. The van der Waals surface area contributed by atoms with Gasteiger partial charge in [-0.25, -0.2) is 0 Å². The van der Waals surface area contributed by atoms with Crippen LogP contribution >= 0.6 is 0 Å². The van der Waals surface area contributed by atoms with Crippen LogP contribution in [0.15, 0.2) is 255 Å². The van der Waals surface area contributed by atoms with Gasteiger partial charge in [-0.1, -0.05) is 200 Å². The first kappa shape index (κ1) is 37.6. The second-order valence-electron chi connectivity index (χ2n) is 18.0. The van der Waals surface area contributed by atoms with Gasteiger partial charge >= 0.3 is 0 Å². The van der Waals surface area contributed by atoms with Crippen LogP contribution in [0, 0.1) is 0 Å². The number of aromatic nitrogens is 1. The molecule has 14 rings (SSSR count). The third-order valence-electron chi connectivity index (χ3n) is 14.6. The Bertz CT molecular complexity index is 3870. The summed E-state index contributed by atoms with van der Waals surface area (Å²) in [4.78, 5) is 2.43. The zero-order chi connectivity index (χ0) is 44.1. The fourth-order valence-electron chi connectivity index (χ4n) is 11.7. The maximum Gasteiger partial charge on any atom is 0.0725 e. The quantitative estimate of drug-likeness (QED) is 0.162. The second-order valence-corrected chi connectivity index (χ2v) is 18.0. The molecule has 0 saturated heterocycles. The Morgan fingerprint density at radius 3 is 1.54 bits per heavy atom. The Morgan fingerprint density at radius 2 is 0.836 bits per heavy atom. The zero-order valence-electron chi connectivity index (χ0n) is 36.6. The predicted molar refractivity (Wildman–Crippen MR) is 280 cm³/mol. The SMILES string of the molecule is c1ccc(-c2ccc(N(c3ccc4c(c3)c3ccc(-c5ccccc5)cc3n4-c3ccc4c(c3)-c3ccccc3C43c4ccccc4-c4ccccc43)c3cccc4ccccc34)cc2)cc1. The summed E-state index contributed by atoms with van der Waals surface area (Å²) in [6, 6.07) is 94.3. The predicted octanol–water partition coefficient (Wildman–Crippen LogP) is 17.1. The molecule has 0 aliphatic heterocycles. The van der Waals surface area contributed by atoms with Crippen molar-refractivity contribution in [2.45, 2.75) is 5.41 Å². The van der Waals surface area contributed by atoms with Crippen molar-refractivity contribution in [3.05, 3.63) is 277 Å². The third-order valence-corrected chi connectivity index (χ3v) is 14.6. The first-order valence-corrected chi connectivity index (χ1v) is 23.3. The van der Waals surface area contributed by atoms with Crippen molar-refractivity contribution in [3.8, 4) is 50.2 Å². The fraction of sp³-hybridized carbons (Fsp3) is 0.0154. The first-order chi connectivity index (χ1) is 33.2. The van der Waals surface area contributed by atoms with Gasteiger partial charge in [-0.05, 0) is 127 Å². The average molecular weight is 851 g/mol. The Labute approximate surface area is 389 Å². The molecule has 2 heteroatoms. The van der Waals surface area contributed by atoms with Crippen molar-refractivity contribution in [3.63, 3.8) is 0 Å². The van der Waals surface area contributed by atoms with E-state index in [1.54, 1.807) is 0 Å². The summed E-state index contributed by atoms with van der Waals surface area (Å²) in [6.45, 7) is 0. The van der Waals surface area contributed by atoms with Crippen molar-refractivity contribution in [1.29, 1.82) is 0 Å². The molecular weight excluding hydrogens is 809 g/mol. The summed E-state index contributed by atoms with van der Waals surface area (Å²) in [5.74, 6) is 0. The van der Waals surface area contributed by atoms with Crippen LogP contribution in [-0.2, 0) is 5.41 Å². The van der Waals surface area contributed by atoms with Crippen molar-refractivity contribution >= 4 is 49.6 Å². The second kappa shape index (κ2) is 14.7. The molecule has 2 aliphatic rings. The Morgan fingerprint density at radius 1 is 0.299 bits per heavy atom. The van der Waals surface area contributed by atoms with Gasteiger partial charge < -0.3 is 9.47 Å². The van der Waals surface area contributed by atoms with Gasteiger partial charge in [-0.3, -0.25) is 0 Å². The highest BCUT2D eigenvalue weighted by Gasteiger charge is 2.51. The highest BCUT2D eigenvalue weighted by atomic mass is 15.1. The molecule has 0 radical (unpaired) electrons. The molecule has 1 heterocycles. The average Bonchev–Trinajstić information content (AvgIpc) is 4.00. The number of anilines is 3. The molecule has 67 heavy (non-hydrogen) atoms. The van der Waals surface area contributed by atoms with Crippen molar-refractivity contribution in [2.75, 3.05) is 4.90 Å². The molecule has 0 bridgehead atoms. The third kappa shape index (κ3) is 5.51. The Kier molecular flexibility index (Phi) is 8.23. The standard InChI is InChI=1S/C65H42N2/c1-3-16-43(17-4-1)45-30-33-48(34-31-45)66(62-29-15-21-46-20-7-8-22-51(46)62)49-36-39-63-57(42-49)55-37-32-47(44-18-5-2-6-19-44)40-64(55)67(63)50-35-38-61-56(41-50)54-25-11-14-28-60(54)65(61)58-26-12-9-23-52(58)53-24-10-13-27-59(53)65/h1-42H. The van der Waals surface area contributed by atoms with E-state index in [9.17, 15) is 0 Å². The van der Waals surface area contributed by atoms with Crippen LogP contribution in [0.25, 0.3) is 82.8 Å². The highest BCUT2D eigenvalue weighted by molar-refractivity contribution is 6.12. The molecule has 0 fully saturated rings. The van der Waals surface area contributed by atoms with E-state index >= 15 is 0 Å². The van der Waals surface area contributed by atoms with E-state index < -0.39 is 5.41 Å². The van der Waals surface area contributed by atoms with E-state index in [0.29, 0.717) is 0 Å². The summed E-state index contributed by atoms with van der Waals surface area (Å²) < 4.78 is 2.50. The summed E-state index contributed by atoms with van der Waals surface area (Å²) in [6.07, 6.45) is 0. The lowest BCUT2D eigenvalue weighted by molar-refractivity contribution is 0.793. The lowest BCUT2D eigenvalue weighted by Crippen LogP contribution is -2.25. The summed E-state index contributed by atoms with van der Waals surface area (Å²) in [5, 5.41) is 4.83. The smallest absolute Gasteiger partial charge is 0.0725 e. The number of nitrogens with zero attached hydrogens (tertiary/aromatic N) is 2. The fourth-order valence-corrected chi connectivity index (χ4v) is 11.7. The van der Waals surface area contributed by atoms with Crippen LogP contribution in [0.5, 0.6) is 0 Å². The topological polar surface area (TPSA) is 8.17 Å². The van der Waals surface area contributed by atoms with Gasteiger partial charge in [-0.15, -0.1) is 0 Å². The molecular formula is C65H42N2. The first-order valence-electron chi connectivity index (χ1n) is 23.3. The molecule has 0 saturated carbocycles. The van der Waals surface area contributed by atoms with E-state index in [-0.39, 0.29) is 0 Å². The van der Waals surface area contributed by atoms with E-state index in [1.807, 2.05) is 0 Å². The highest BCUT2D eigenvalue weighted by Crippen LogP contribution is 2.63. The molecule has 2 nitrogen and oxygen atoms in total. The monoisotopic (exact) mass is 850 g/mol. The molecule has 0 unspecified atom stereocenters. The van der Waals surface area contributed by atoms with Crippen molar-refractivity contribution in [1.82, 2.24) is 4.57 Å². The van der Waals surface area contributed by atoms with E-state index in [4.69, 9.17) is 0 Å². The number of rotatable bonds is 6. The number of hydrogen-bond acceptors (Lipinski definition) is 1. The zero-order valence-corrected chi connectivity index (χ0v) is 36.6. The van der Waals surface area contributed by atoms with Crippen LogP contribution in [0.4, 0.5) is 17.1 Å². The lowest BCUT2D eigenvalue weighted by atomic mass is 9.70. The minimum Gasteiger partial charge on any atom is -0.310 e. The maximum absolute atomic E-state index is 2.50. The van der Waals surface area contributed by atoms with Gasteiger partial charge in [0.1, 0.15) is 0 Å². The summed E-state index contributed by atoms with van der Waals surface area (Å²) in [7, 11) is 0. The molecule has 2 aliphatic carbocycles. The van der Waals surface area contributed by atoms with Crippen molar-refractivity contribution in [2.24, 2.45) is 0 Å². The summed E-state index contributed by atoms with van der Waals surface area (Å²) in [5.41, 5.74) is 21.9. The van der Waals surface area contributed by atoms with Crippen LogP contribution in [0.1, 0.15) is 22.3 Å². The Hall–Kier alpha value is -8.72. The maximum atomic E-state index is 2.50. The largest absolute Gasteiger partial charge is 0.310 e. The molecule has 12 aromatic rings. The molecule has 0 amide bonds. The van der Waals surface area contributed by atoms with Crippen LogP contribution in [0.2, 0.25) is 0 Å². The van der Waals surface area contributed by atoms with Crippen LogP contribution in [-0.4, -0.2) is 4.57 Å². The molecule has 1 aromatic heterocycles. The van der Waals surface area contributed by atoms with Gasteiger partial charge in [0.05, 0.1) is 22.1 Å². The van der Waals surface area contributed by atoms with Crippen molar-refractivity contribution < 1.29 is 0 Å². The van der Waals surface area contributed by atoms with Gasteiger partial charge in [0, 0.05) is 33.2 Å². The van der Waals surface area contributed by atoms with Crippen LogP contribution < -0.4 is 4.90 Å². The van der Waals surface area contributed by atoms with Gasteiger partial charge in [-0.2, -0.15) is 0 Å². The summed E-state index contributed by atoms with van der Waals surface area (Å²) >= 11 is 0. The number of benzene rings is 11. The Balaban J connectivity index is 1.000. The molecule has 0 N–H and O–H groups in total. The minimum absolute atomic E-state index is 0.391. The molecule has 0 atom stereocenters. The van der Waals surface area contributed by atoms with Gasteiger partial charge in [0.15, 0.2) is 0 Å².